The van der Waals surface area contributed by atoms with Crippen LogP contribution in [0.2, 0.25) is 0 Å². The fraction of sp³-hybridized carbons (Fsp3) is 0.958. The average Bonchev–Trinajstić information content (AvgIpc) is 3.00. The van der Waals surface area contributed by atoms with Gasteiger partial charge in [0.05, 0.1) is 19.3 Å². The second-order valence-electron chi connectivity index (χ2n) is 11.2. The maximum absolute atomic E-state index is 12.1. The van der Waals surface area contributed by atoms with Crippen molar-refractivity contribution in [1.82, 2.24) is 0 Å². The number of hydrogen-bond acceptors (Lipinski definition) is 20. The van der Waals surface area contributed by atoms with Gasteiger partial charge in [0.2, 0.25) is 0 Å². The molecule has 4 fully saturated rings. The van der Waals surface area contributed by atoms with Gasteiger partial charge in [-0.05, 0) is 6.92 Å². The molecule has 0 bridgehead atoms. The van der Waals surface area contributed by atoms with Crippen molar-refractivity contribution in [2.75, 3.05) is 13.2 Å². The quantitative estimate of drug-likeness (QED) is 0.109. The van der Waals surface area contributed by atoms with Crippen LogP contribution in [-0.2, 0) is 38.0 Å². The van der Waals surface area contributed by atoms with Gasteiger partial charge in [-0.3, -0.25) is 0 Å². The Labute approximate surface area is 253 Å². The molecule has 0 amide bonds. The zero-order chi connectivity index (χ0) is 33.5. The normalized spacial score (nSPS) is 52.8. The molecule has 0 aromatic carbocycles. The molecule has 45 heavy (non-hydrogen) atoms. The molecule has 21 nitrogen and oxygen atoms in total. The van der Waals surface area contributed by atoms with Gasteiger partial charge in [0, 0.05) is 0 Å². The van der Waals surface area contributed by atoms with E-state index in [0.717, 1.165) is 0 Å². The van der Waals surface area contributed by atoms with E-state index < -0.39 is 142 Å². The number of rotatable bonds is 9. The Morgan fingerprint density at radius 3 is 1.56 bits per heavy atom. The highest BCUT2D eigenvalue weighted by molar-refractivity contribution is 5.73. The molecule has 0 unspecified atom stereocenters. The Balaban J connectivity index is 1.46. The molecule has 0 radical (unpaired) electrons. The van der Waals surface area contributed by atoms with Crippen LogP contribution < -0.4 is 0 Å². The van der Waals surface area contributed by atoms with Crippen LogP contribution in [0.5, 0.6) is 0 Å². The third-order valence-corrected chi connectivity index (χ3v) is 8.13. The van der Waals surface area contributed by atoms with Crippen LogP contribution in [-0.4, -0.2) is 208 Å². The first kappa shape index (κ1) is 36.5. The Bertz CT molecular complexity index is 957. The summed E-state index contributed by atoms with van der Waals surface area (Å²) in [7, 11) is 0. The van der Waals surface area contributed by atoms with Crippen molar-refractivity contribution in [2.45, 2.75) is 130 Å². The molecule has 4 saturated heterocycles. The second kappa shape index (κ2) is 14.9. The lowest BCUT2D eigenvalue weighted by atomic mass is 9.95. The van der Waals surface area contributed by atoms with E-state index in [0.29, 0.717) is 0 Å². The van der Waals surface area contributed by atoms with Crippen molar-refractivity contribution < 1.29 is 104 Å². The Morgan fingerprint density at radius 1 is 0.533 bits per heavy atom. The van der Waals surface area contributed by atoms with Gasteiger partial charge in [-0.15, -0.1) is 0 Å². The number of carbonyl (C=O) groups is 1. The minimum atomic E-state index is -2.18. The summed E-state index contributed by atoms with van der Waals surface area (Å²) < 4.78 is 37.1. The lowest BCUT2D eigenvalue weighted by molar-refractivity contribution is -0.383. The van der Waals surface area contributed by atoms with Gasteiger partial charge < -0.3 is 99.5 Å². The number of aliphatic hydroxyl groups excluding tert-OH is 12. The van der Waals surface area contributed by atoms with Crippen molar-refractivity contribution in [3.63, 3.8) is 0 Å². The lowest BCUT2D eigenvalue weighted by Crippen LogP contribution is -2.67. The maximum atomic E-state index is 12.1. The van der Waals surface area contributed by atoms with Gasteiger partial charge in [0.15, 0.2) is 31.3 Å². The van der Waals surface area contributed by atoms with Crippen molar-refractivity contribution in [3.05, 3.63) is 0 Å². The first-order valence-electron chi connectivity index (χ1n) is 14.0. The zero-order valence-electron chi connectivity index (χ0n) is 23.5. The smallest absolute Gasteiger partial charge is 0.335 e. The van der Waals surface area contributed by atoms with Gasteiger partial charge in [0.1, 0.15) is 85.5 Å². The molecule has 0 aromatic heterocycles. The van der Waals surface area contributed by atoms with Crippen LogP contribution >= 0.6 is 0 Å². The molecule has 262 valence electrons. The van der Waals surface area contributed by atoms with Crippen LogP contribution in [0.3, 0.4) is 0 Å². The van der Waals surface area contributed by atoms with Crippen LogP contribution in [0.4, 0.5) is 0 Å². The largest absolute Gasteiger partial charge is 0.479 e. The number of ether oxygens (including phenoxy) is 7. The molecule has 4 aliphatic rings. The van der Waals surface area contributed by atoms with Crippen molar-refractivity contribution >= 4 is 5.97 Å². The summed E-state index contributed by atoms with van der Waals surface area (Å²) in [5, 5.41) is 133. The van der Waals surface area contributed by atoms with E-state index in [1.807, 2.05) is 0 Å². The van der Waals surface area contributed by atoms with Crippen molar-refractivity contribution in [2.24, 2.45) is 0 Å². The van der Waals surface area contributed by atoms with Gasteiger partial charge in [0.25, 0.3) is 0 Å². The molecule has 4 rings (SSSR count). The fourth-order valence-electron chi connectivity index (χ4n) is 5.45. The zero-order valence-corrected chi connectivity index (χ0v) is 23.5. The van der Waals surface area contributed by atoms with Crippen LogP contribution in [0.15, 0.2) is 0 Å². The summed E-state index contributed by atoms with van der Waals surface area (Å²) in [4.78, 5) is 12.1. The first-order valence-corrected chi connectivity index (χ1v) is 14.0. The van der Waals surface area contributed by atoms with E-state index in [2.05, 4.69) is 0 Å². The van der Waals surface area contributed by atoms with E-state index in [9.17, 15) is 71.2 Å². The number of aliphatic hydroxyl groups is 12. The van der Waals surface area contributed by atoms with Gasteiger partial charge >= 0.3 is 5.97 Å². The van der Waals surface area contributed by atoms with Gasteiger partial charge in [-0.2, -0.15) is 0 Å². The first-order chi connectivity index (χ1) is 21.1. The highest BCUT2D eigenvalue weighted by atomic mass is 16.8. The molecule has 0 aromatic rings. The minimum Gasteiger partial charge on any atom is -0.479 e. The predicted octanol–water partition coefficient (Wildman–Crippen LogP) is -8.63. The molecule has 0 spiro atoms. The van der Waals surface area contributed by atoms with Crippen molar-refractivity contribution in [3.8, 4) is 0 Å². The van der Waals surface area contributed by atoms with E-state index in [1.165, 1.54) is 6.92 Å². The average molecular weight is 665 g/mol. The molecule has 0 saturated carbocycles. The molecular formula is C24H40O21. The van der Waals surface area contributed by atoms with Gasteiger partial charge in [-0.25, -0.2) is 4.79 Å². The Morgan fingerprint density at radius 2 is 1.00 bits per heavy atom. The van der Waals surface area contributed by atoms with Crippen LogP contribution in [0.25, 0.3) is 0 Å². The van der Waals surface area contributed by atoms with E-state index >= 15 is 0 Å². The molecular weight excluding hydrogens is 624 g/mol. The van der Waals surface area contributed by atoms with Crippen LogP contribution in [0, 0.1) is 0 Å². The second-order valence-corrected chi connectivity index (χ2v) is 11.2. The molecule has 4 heterocycles. The fourth-order valence-corrected chi connectivity index (χ4v) is 5.45. The number of hydrogen-bond donors (Lipinski definition) is 13. The molecule has 13 N–H and O–H groups in total. The lowest BCUT2D eigenvalue weighted by Gasteiger charge is -2.48. The number of aliphatic carboxylic acids is 1. The summed E-state index contributed by atoms with van der Waals surface area (Å²) in [6.07, 6.45) is -36.8. The topological polar surface area (TPSA) is 345 Å². The summed E-state index contributed by atoms with van der Waals surface area (Å²) in [6, 6.07) is 0. The third kappa shape index (κ3) is 7.26. The van der Waals surface area contributed by atoms with E-state index in [4.69, 9.17) is 33.2 Å². The number of carboxylic acid groups (broad SMARTS) is 1. The van der Waals surface area contributed by atoms with Crippen molar-refractivity contribution in [1.29, 1.82) is 0 Å². The molecule has 0 aliphatic carbocycles. The third-order valence-electron chi connectivity index (χ3n) is 8.13. The predicted molar refractivity (Wildman–Crippen MR) is 133 cm³/mol. The number of carboxylic acids is 1. The molecule has 20 atom stereocenters. The van der Waals surface area contributed by atoms with Crippen LogP contribution in [0.1, 0.15) is 6.92 Å². The Kier molecular flexibility index (Phi) is 12.1. The molecule has 4 aliphatic heterocycles. The Hall–Kier alpha value is -1.29. The summed E-state index contributed by atoms with van der Waals surface area (Å²) in [5.41, 5.74) is 0. The van der Waals surface area contributed by atoms with E-state index in [-0.39, 0.29) is 0 Å². The minimum absolute atomic E-state index is 0.803. The monoisotopic (exact) mass is 664 g/mol. The summed E-state index contributed by atoms with van der Waals surface area (Å²) in [6.45, 7) is -0.422. The van der Waals surface area contributed by atoms with Gasteiger partial charge in [-0.1, -0.05) is 0 Å². The molecule has 21 heteroatoms. The summed E-state index contributed by atoms with van der Waals surface area (Å²) in [5.74, 6) is -1.78. The van der Waals surface area contributed by atoms with E-state index in [1.54, 1.807) is 0 Å². The standard InChI is InChI=1S/C24H40O21/c1-4-7(27)17(15(35)21(38)39-4)43-24-14(34)11(31)18(19(45-24)20(36)37)44-23-13(33)10(30)16(6(3-26)41-23)42-22-12(32)9(29)8(28)5(2-25)40-22/h4-19,21-35,38H,2-3H2,1H3,(H,36,37)/t4-,5+,6+,7+,8-,9-,10+,11+,12+,13+,14+,15-,16+,17+,18-,19-,21+,22-,23+,24-/m0/s1. The highest BCUT2D eigenvalue weighted by Crippen LogP contribution is 2.34. The summed E-state index contributed by atoms with van der Waals surface area (Å²) >= 11 is 0. The maximum Gasteiger partial charge on any atom is 0.335 e. The SMILES string of the molecule is C[C@@H]1O[C@@H](O)[C@@H](O)[C@H](O[C@H]2O[C@H](C(=O)O)[C@@H](O[C@H]3O[C@H](CO)[C@@H](O[C@@H]4O[C@H](CO)[C@H](O)[C@H](O)[C@H]4O)[C@H](O)[C@H]3O)[C@H](O)[C@H]2O)[C@@H]1O. The highest BCUT2D eigenvalue weighted by Gasteiger charge is 2.56.